The van der Waals surface area contributed by atoms with Crippen molar-refractivity contribution in [2.24, 2.45) is 0 Å². The zero-order valence-electron chi connectivity index (χ0n) is 13.5. The number of carbonyl (C=O) groups excluding carboxylic acids is 2. The highest BCUT2D eigenvalue weighted by molar-refractivity contribution is 7.98. The molecule has 0 bridgehead atoms. The molecule has 21 heavy (non-hydrogen) atoms. The molecule has 116 valence electrons. The Morgan fingerprint density at radius 1 is 1.24 bits per heavy atom. The average Bonchev–Trinajstić information content (AvgIpc) is 2.43. The number of ether oxygens (including phenoxy) is 1. The number of amides is 1. The van der Waals surface area contributed by atoms with Crippen molar-refractivity contribution in [3.8, 4) is 0 Å². The van der Waals surface area contributed by atoms with Crippen LogP contribution in [0.2, 0.25) is 0 Å². The number of hydrogen-bond donors (Lipinski definition) is 0. The standard InChI is InChI=1S/C16H23NO3S/c1-15(2,3)20-14(19)17(5)16(4,11-18)12-9-7-8-10-13(12)21-6/h7-11H,1-6H3. The predicted molar refractivity (Wildman–Crippen MR) is 85.6 cm³/mol. The molecule has 5 heteroatoms. The summed E-state index contributed by atoms with van der Waals surface area (Å²) in [4.78, 5) is 26.3. The van der Waals surface area contributed by atoms with Crippen LogP contribution in [0.4, 0.5) is 4.79 Å². The van der Waals surface area contributed by atoms with E-state index in [2.05, 4.69) is 0 Å². The van der Waals surface area contributed by atoms with Crippen molar-refractivity contribution < 1.29 is 14.3 Å². The highest BCUT2D eigenvalue weighted by atomic mass is 32.2. The molecule has 1 unspecified atom stereocenters. The lowest BCUT2D eigenvalue weighted by atomic mass is 9.92. The molecule has 0 aromatic heterocycles. The van der Waals surface area contributed by atoms with Crippen LogP contribution in [0, 0.1) is 0 Å². The molecule has 0 N–H and O–H groups in total. The quantitative estimate of drug-likeness (QED) is 0.628. The van der Waals surface area contributed by atoms with E-state index in [4.69, 9.17) is 4.74 Å². The van der Waals surface area contributed by atoms with Crippen molar-refractivity contribution in [2.75, 3.05) is 13.3 Å². The van der Waals surface area contributed by atoms with Gasteiger partial charge >= 0.3 is 6.09 Å². The number of nitrogens with zero attached hydrogens (tertiary/aromatic N) is 1. The van der Waals surface area contributed by atoms with Gasteiger partial charge in [-0.2, -0.15) is 0 Å². The van der Waals surface area contributed by atoms with Gasteiger partial charge in [0.1, 0.15) is 17.4 Å². The van der Waals surface area contributed by atoms with Gasteiger partial charge in [0, 0.05) is 11.9 Å². The molecule has 0 fully saturated rings. The molecule has 1 atom stereocenters. The van der Waals surface area contributed by atoms with Crippen molar-refractivity contribution in [1.82, 2.24) is 4.90 Å². The van der Waals surface area contributed by atoms with Gasteiger partial charge in [-0.05, 0) is 45.6 Å². The van der Waals surface area contributed by atoms with Crippen LogP contribution in [0.25, 0.3) is 0 Å². The molecule has 0 spiro atoms. The average molecular weight is 309 g/mol. The molecule has 0 radical (unpaired) electrons. The molecule has 4 nitrogen and oxygen atoms in total. The summed E-state index contributed by atoms with van der Waals surface area (Å²) in [5.41, 5.74) is -0.878. The van der Waals surface area contributed by atoms with E-state index < -0.39 is 17.2 Å². The Kier molecular flexibility index (Phi) is 5.45. The number of likely N-dealkylation sites (N-methyl/N-ethyl adjacent to an activating group) is 1. The largest absolute Gasteiger partial charge is 0.444 e. The van der Waals surface area contributed by atoms with E-state index >= 15 is 0 Å². The number of thioether (sulfide) groups is 1. The molecule has 0 aliphatic carbocycles. The van der Waals surface area contributed by atoms with Crippen LogP contribution >= 0.6 is 11.8 Å². The first kappa shape index (κ1) is 17.6. The minimum Gasteiger partial charge on any atom is -0.444 e. The molecular formula is C16H23NO3S. The lowest BCUT2D eigenvalue weighted by Crippen LogP contribution is -2.48. The van der Waals surface area contributed by atoms with Gasteiger partial charge in [-0.25, -0.2) is 4.79 Å². The molecule has 1 rings (SSSR count). The molecule has 1 aromatic carbocycles. The fourth-order valence-electron chi connectivity index (χ4n) is 1.91. The van der Waals surface area contributed by atoms with Crippen LogP contribution in [0.1, 0.15) is 33.3 Å². The lowest BCUT2D eigenvalue weighted by molar-refractivity contribution is -0.117. The summed E-state index contributed by atoms with van der Waals surface area (Å²) >= 11 is 1.54. The minimum atomic E-state index is -1.07. The Hall–Kier alpha value is -1.49. The Morgan fingerprint density at radius 3 is 2.29 bits per heavy atom. The van der Waals surface area contributed by atoms with E-state index in [-0.39, 0.29) is 0 Å². The fourth-order valence-corrected chi connectivity index (χ4v) is 2.62. The highest BCUT2D eigenvalue weighted by Crippen LogP contribution is 2.33. The Labute approximate surface area is 130 Å². The number of benzene rings is 1. The third-order valence-electron chi connectivity index (χ3n) is 3.25. The number of rotatable bonds is 4. The summed E-state index contributed by atoms with van der Waals surface area (Å²) in [6, 6.07) is 7.57. The maximum absolute atomic E-state index is 12.3. The maximum Gasteiger partial charge on any atom is 0.411 e. The number of hydrogen-bond acceptors (Lipinski definition) is 4. The predicted octanol–water partition coefficient (Wildman–Crippen LogP) is 3.69. The normalized spacial score (nSPS) is 14.2. The van der Waals surface area contributed by atoms with Crippen LogP contribution in [-0.4, -0.2) is 36.2 Å². The Bertz CT molecular complexity index is 524. The first-order valence-corrected chi connectivity index (χ1v) is 7.95. The van der Waals surface area contributed by atoms with Crippen molar-refractivity contribution in [3.63, 3.8) is 0 Å². The summed E-state index contributed by atoms with van der Waals surface area (Å²) in [5.74, 6) is 0. The van der Waals surface area contributed by atoms with E-state index in [9.17, 15) is 9.59 Å². The van der Waals surface area contributed by atoms with Gasteiger partial charge in [0.15, 0.2) is 0 Å². The summed E-state index contributed by atoms with van der Waals surface area (Å²) in [7, 11) is 1.58. The second-order valence-corrected chi connectivity index (χ2v) is 6.85. The van der Waals surface area contributed by atoms with Gasteiger partial charge in [-0.1, -0.05) is 18.2 Å². The first-order valence-electron chi connectivity index (χ1n) is 6.72. The maximum atomic E-state index is 12.3. The van der Waals surface area contributed by atoms with Crippen LogP contribution < -0.4 is 0 Å². The van der Waals surface area contributed by atoms with E-state index in [1.54, 1.807) is 46.5 Å². The molecule has 0 saturated heterocycles. The molecular weight excluding hydrogens is 286 g/mol. The van der Waals surface area contributed by atoms with E-state index in [0.717, 1.165) is 16.7 Å². The SMILES string of the molecule is CSc1ccccc1C(C)(C=O)N(C)C(=O)OC(C)(C)C. The zero-order chi connectivity index (χ0) is 16.3. The minimum absolute atomic E-state index is 0.520. The third kappa shape index (κ3) is 4.00. The summed E-state index contributed by atoms with van der Waals surface area (Å²) in [5, 5.41) is 0. The van der Waals surface area contributed by atoms with Crippen LogP contribution in [0.15, 0.2) is 29.2 Å². The second kappa shape index (κ2) is 6.52. The van der Waals surface area contributed by atoms with E-state index in [1.807, 2.05) is 30.5 Å². The molecule has 0 aliphatic heterocycles. The third-order valence-corrected chi connectivity index (χ3v) is 4.04. The molecule has 1 amide bonds. The van der Waals surface area contributed by atoms with Crippen LogP contribution in [-0.2, 0) is 15.1 Å². The van der Waals surface area contributed by atoms with Gasteiger partial charge in [0.2, 0.25) is 0 Å². The van der Waals surface area contributed by atoms with Crippen LogP contribution in [0.3, 0.4) is 0 Å². The molecule has 1 aromatic rings. The van der Waals surface area contributed by atoms with E-state index in [0.29, 0.717) is 0 Å². The van der Waals surface area contributed by atoms with Crippen LogP contribution in [0.5, 0.6) is 0 Å². The van der Waals surface area contributed by atoms with Gasteiger partial charge in [0.25, 0.3) is 0 Å². The number of aldehydes is 1. The highest BCUT2D eigenvalue weighted by Gasteiger charge is 2.38. The molecule has 0 saturated carbocycles. The molecule has 0 aliphatic rings. The number of carbonyl (C=O) groups is 2. The Balaban J connectivity index is 3.20. The second-order valence-electron chi connectivity index (χ2n) is 6.01. The molecule has 0 heterocycles. The zero-order valence-corrected chi connectivity index (χ0v) is 14.3. The fraction of sp³-hybridized carbons (Fsp3) is 0.500. The van der Waals surface area contributed by atoms with Gasteiger partial charge in [-0.3, -0.25) is 4.90 Å². The topological polar surface area (TPSA) is 46.6 Å². The van der Waals surface area contributed by atoms with E-state index in [1.165, 1.54) is 4.90 Å². The van der Waals surface area contributed by atoms with Crippen molar-refractivity contribution in [1.29, 1.82) is 0 Å². The monoisotopic (exact) mass is 309 g/mol. The Morgan fingerprint density at radius 2 is 1.81 bits per heavy atom. The van der Waals surface area contributed by atoms with Crippen molar-refractivity contribution >= 4 is 24.1 Å². The van der Waals surface area contributed by atoms with Crippen molar-refractivity contribution in [2.45, 2.75) is 43.7 Å². The smallest absolute Gasteiger partial charge is 0.411 e. The van der Waals surface area contributed by atoms with Gasteiger partial charge < -0.3 is 9.53 Å². The van der Waals surface area contributed by atoms with Crippen molar-refractivity contribution in [3.05, 3.63) is 29.8 Å². The first-order chi connectivity index (χ1) is 9.65. The lowest BCUT2D eigenvalue weighted by Gasteiger charge is -2.36. The summed E-state index contributed by atoms with van der Waals surface area (Å²) in [6.45, 7) is 7.12. The summed E-state index contributed by atoms with van der Waals surface area (Å²) < 4.78 is 5.36. The van der Waals surface area contributed by atoms with Gasteiger partial charge in [0.05, 0.1) is 0 Å². The van der Waals surface area contributed by atoms with Gasteiger partial charge in [-0.15, -0.1) is 11.8 Å². The summed E-state index contributed by atoms with van der Waals surface area (Å²) in [6.07, 6.45) is 2.21.